The van der Waals surface area contributed by atoms with Gasteiger partial charge in [0.2, 0.25) is 0 Å². The van der Waals surface area contributed by atoms with Crippen LogP contribution in [0.1, 0.15) is 0 Å². The number of hydrogen-bond donors (Lipinski definition) is 0. The van der Waals surface area contributed by atoms with E-state index in [0.717, 1.165) is 44.6 Å². The van der Waals surface area contributed by atoms with Crippen molar-refractivity contribution in [3.63, 3.8) is 0 Å². The van der Waals surface area contributed by atoms with E-state index in [4.69, 9.17) is 4.42 Å². The molecule has 0 N–H and O–H groups in total. The first-order valence-electron chi connectivity index (χ1n) is 17.1. The fraction of sp³-hybridized carbons (Fsp3) is 0. The topological polar surface area (TPSA) is 16.4 Å². The molecule has 0 saturated heterocycles. The number of para-hydroxylation sites is 2. The minimum Gasteiger partial charge on any atom is -0.456 e. The monoisotopic (exact) mass is 637 g/mol. The predicted octanol–water partition coefficient (Wildman–Crippen LogP) is 13.8. The second-order valence-electron chi connectivity index (χ2n) is 12.9. The van der Waals surface area contributed by atoms with Crippen molar-refractivity contribution in [3.05, 3.63) is 188 Å². The molecular weight excluding hydrogens is 607 g/mol. The van der Waals surface area contributed by atoms with Crippen molar-refractivity contribution in [1.82, 2.24) is 0 Å². The third kappa shape index (κ3) is 4.57. The highest BCUT2D eigenvalue weighted by atomic mass is 16.3. The Morgan fingerprint density at radius 2 is 0.980 bits per heavy atom. The molecule has 10 rings (SSSR count). The molecule has 1 aromatic heterocycles. The van der Waals surface area contributed by atoms with Crippen LogP contribution in [0.2, 0.25) is 0 Å². The van der Waals surface area contributed by atoms with E-state index in [1.54, 1.807) is 0 Å². The second-order valence-corrected chi connectivity index (χ2v) is 12.9. The molecule has 0 amide bonds. The maximum absolute atomic E-state index is 6.43. The summed E-state index contributed by atoms with van der Waals surface area (Å²) in [6.45, 7) is 0. The number of anilines is 3. The van der Waals surface area contributed by atoms with E-state index in [1.807, 2.05) is 6.07 Å². The van der Waals surface area contributed by atoms with Crippen LogP contribution < -0.4 is 4.90 Å². The first-order chi connectivity index (χ1) is 24.8. The van der Waals surface area contributed by atoms with Crippen LogP contribution in [-0.4, -0.2) is 0 Å². The highest BCUT2D eigenvalue weighted by Crippen LogP contribution is 2.47. The summed E-state index contributed by atoms with van der Waals surface area (Å²) in [5, 5.41) is 9.66. The minimum absolute atomic E-state index is 0.869. The lowest BCUT2D eigenvalue weighted by Gasteiger charge is -2.29. The maximum atomic E-state index is 6.43. The summed E-state index contributed by atoms with van der Waals surface area (Å²) in [7, 11) is 0. The summed E-state index contributed by atoms with van der Waals surface area (Å²) in [6, 6.07) is 67.6. The molecule has 2 nitrogen and oxygen atoms in total. The number of nitrogens with zero attached hydrogens (tertiary/aromatic N) is 1. The Morgan fingerprint density at radius 3 is 1.88 bits per heavy atom. The Morgan fingerprint density at radius 1 is 0.340 bits per heavy atom. The summed E-state index contributed by atoms with van der Waals surface area (Å²) < 4.78 is 6.43. The number of fused-ring (bicyclic) bond motifs is 7. The lowest BCUT2D eigenvalue weighted by molar-refractivity contribution is 0.669. The largest absolute Gasteiger partial charge is 0.456 e. The Hall–Kier alpha value is -6.64. The zero-order chi connectivity index (χ0) is 33.0. The van der Waals surface area contributed by atoms with Gasteiger partial charge in [-0.15, -0.1) is 0 Å². The van der Waals surface area contributed by atoms with Gasteiger partial charge in [-0.05, 0) is 97.5 Å². The van der Waals surface area contributed by atoms with Crippen LogP contribution in [0.15, 0.2) is 192 Å². The molecule has 0 unspecified atom stereocenters. The number of furan rings is 1. The maximum Gasteiger partial charge on any atom is 0.137 e. The molecule has 0 fully saturated rings. The van der Waals surface area contributed by atoms with Crippen molar-refractivity contribution >= 4 is 71.3 Å². The van der Waals surface area contributed by atoms with Crippen molar-refractivity contribution in [1.29, 1.82) is 0 Å². The molecule has 0 saturated carbocycles. The van der Waals surface area contributed by atoms with Gasteiger partial charge in [-0.25, -0.2) is 0 Å². The van der Waals surface area contributed by atoms with Crippen LogP contribution in [0.25, 0.3) is 76.5 Å². The van der Waals surface area contributed by atoms with Gasteiger partial charge in [-0.1, -0.05) is 140 Å². The second kappa shape index (κ2) is 11.5. The number of hydrogen-bond acceptors (Lipinski definition) is 2. The number of rotatable bonds is 5. The molecule has 0 bridgehead atoms. The third-order valence-electron chi connectivity index (χ3n) is 10.0. The molecular formula is C48H31NO. The van der Waals surface area contributed by atoms with Crippen LogP contribution >= 0.6 is 0 Å². The van der Waals surface area contributed by atoms with Gasteiger partial charge in [-0.3, -0.25) is 0 Å². The molecule has 0 aliphatic rings. The third-order valence-corrected chi connectivity index (χ3v) is 10.0. The van der Waals surface area contributed by atoms with Crippen LogP contribution in [-0.2, 0) is 0 Å². The minimum atomic E-state index is 0.869. The van der Waals surface area contributed by atoms with E-state index in [0.29, 0.717) is 0 Å². The van der Waals surface area contributed by atoms with Crippen molar-refractivity contribution in [2.45, 2.75) is 0 Å². The first kappa shape index (κ1) is 28.4. The van der Waals surface area contributed by atoms with E-state index < -0.39 is 0 Å². The van der Waals surface area contributed by atoms with Gasteiger partial charge in [-0.2, -0.15) is 0 Å². The summed E-state index contributed by atoms with van der Waals surface area (Å²) in [6.07, 6.45) is 0. The number of benzene rings is 9. The SMILES string of the molecule is c1cc(-c2cc3ccccc3c3ccccc23)cc(N(c2ccccc2-c2ccc3ccccc3c2)c2cccc3oc4ccccc4c23)c1. The molecule has 234 valence electrons. The fourth-order valence-corrected chi connectivity index (χ4v) is 7.73. The normalized spacial score (nSPS) is 11.6. The Bertz CT molecular complexity index is 2900. The molecule has 2 heteroatoms. The van der Waals surface area contributed by atoms with Crippen LogP contribution in [0, 0.1) is 0 Å². The average Bonchev–Trinajstić information content (AvgIpc) is 3.57. The molecule has 0 radical (unpaired) electrons. The lowest BCUT2D eigenvalue weighted by atomic mass is 9.93. The molecule has 0 aliphatic heterocycles. The van der Waals surface area contributed by atoms with E-state index in [2.05, 4.69) is 187 Å². The van der Waals surface area contributed by atoms with Crippen LogP contribution in [0.4, 0.5) is 17.1 Å². The van der Waals surface area contributed by atoms with Crippen LogP contribution in [0.5, 0.6) is 0 Å². The Balaban J connectivity index is 1.25. The van der Waals surface area contributed by atoms with Gasteiger partial charge in [0.05, 0.1) is 16.8 Å². The lowest BCUT2D eigenvalue weighted by Crippen LogP contribution is -2.11. The average molecular weight is 638 g/mol. The summed E-state index contributed by atoms with van der Waals surface area (Å²) >= 11 is 0. The van der Waals surface area contributed by atoms with Gasteiger partial charge < -0.3 is 9.32 Å². The molecule has 0 spiro atoms. The van der Waals surface area contributed by atoms with E-state index in [1.165, 1.54) is 49.0 Å². The summed E-state index contributed by atoms with van der Waals surface area (Å²) in [5.74, 6) is 0. The van der Waals surface area contributed by atoms with E-state index in [9.17, 15) is 0 Å². The van der Waals surface area contributed by atoms with Crippen molar-refractivity contribution in [3.8, 4) is 22.3 Å². The standard InChI is InChI=1S/C48H31NO/c1-2-14-33-29-36(28-27-32(33)13-1)39-19-7-9-23-44(39)49(45-24-12-26-47-48(45)42-22-8-10-25-46(42)50-47)37-17-11-16-34(30-37)43-31-35-15-3-4-18-38(35)40-20-5-6-21-41(40)43/h1-31H. The molecule has 1 heterocycles. The fourth-order valence-electron chi connectivity index (χ4n) is 7.73. The van der Waals surface area contributed by atoms with Crippen molar-refractivity contribution in [2.24, 2.45) is 0 Å². The van der Waals surface area contributed by atoms with E-state index >= 15 is 0 Å². The quantitative estimate of drug-likeness (QED) is 0.175. The first-order valence-corrected chi connectivity index (χ1v) is 17.1. The Kier molecular flexibility index (Phi) is 6.53. The zero-order valence-corrected chi connectivity index (χ0v) is 27.3. The predicted molar refractivity (Wildman–Crippen MR) is 212 cm³/mol. The van der Waals surface area contributed by atoms with Gasteiger partial charge in [0, 0.05) is 16.6 Å². The molecule has 9 aromatic carbocycles. The highest BCUT2D eigenvalue weighted by Gasteiger charge is 2.22. The molecule has 50 heavy (non-hydrogen) atoms. The smallest absolute Gasteiger partial charge is 0.137 e. The molecule has 0 aliphatic carbocycles. The van der Waals surface area contributed by atoms with Crippen molar-refractivity contribution < 1.29 is 4.42 Å². The van der Waals surface area contributed by atoms with Gasteiger partial charge in [0.25, 0.3) is 0 Å². The van der Waals surface area contributed by atoms with Crippen LogP contribution in [0.3, 0.4) is 0 Å². The van der Waals surface area contributed by atoms with Gasteiger partial charge >= 0.3 is 0 Å². The van der Waals surface area contributed by atoms with Gasteiger partial charge in [0.1, 0.15) is 11.2 Å². The summed E-state index contributed by atoms with van der Waals surface area (Å²) in [5.41, 5.74) is 9.71. The van der Waals surface area contributed by atoms with Gasteiger partial charge in [0.15, 0.2) is 0 Å². The highest BCUT2D eigenvalue weighted by molar-refractivity contribution is 6.15. The Labute approximate surface area is 290 Å². The van der Waals surface area contributed by atoms with Crippen molar-refractivity contribution in [2.75, 3.05) is 4.90 Å². The molecule has 10 aromatic rings. The van der Waals surface area contributed by atoms with E-state index in [-0.39, 0.29) is 0 Å². The molecule has 0 atom stereocenters. The zero-order valence-electron chi connectivity index (χ0n) is 27.3. The summed E-state index contributed by atoms with van der Waals surface area (Å²) in [4.78, 5) is 2.42.